The standard InChI is InChI=1S/C12H13N3O4S/c1-8-10(13-12(16)17)15(9-6-4-3-5-7-9)14-11(8)20(2,18)19/h3-7,13H,1-2H3,(H,16,17). The van der Waals surface area contributed by atoms with Crippen molar-refractivity contribution < 1.29 is 18.3 Å². The van der Waals surface area contributed by atoms with Gasteiger partial charge in [0.15, 0.2) is 14.9 Å². The third kappa shape index (κ3) is 2.64. The van der Waals surface area contributed by atoms with Crippen LogP contribution in [0.4, 0.5) is 10.6 Å². The summed E-state index contributed by atoms with van der Waals surface area (Å²) in [5.74, 6) is 0.115. The topological polar surface area (TPSA) is 101 Å². The first-order chi connectivity index (χ1) is 9.30. The predicted octanol–water partition coefficient (Wildman–Crippen LogP) is 1.67. The second kappa shape index (κ2) is 4.97. The first kappa shape index (κ1) is 14.1. The highest BCUT2D eigenvalue weighted by atomic mass is 32.2. The van der Waals surface area contributed by atoms with E-state index in [0.717, 1.165) is 6.26 Å². The zero-order valence-electron chi connectivity index (χ0n) is 10.9. The minimum absolute atomic E-state index is 0.115. The van der Waals surface area contributed by atoms with Crippen LogP contribution in [0.3, 0.4) is 0 Å². The van der Waals surface area contributed by atoms with Crippen molar-refractivity contribution in [3.05, 3.63) is 35.9 Å². The van der Waals surface area contributed by atoms with Crippen LogP contribution in [0.5, 0.6) is 0 Å². The minimum Gasteiger partial charge on any atom is -0.465 e. The molecule has 0 spiro atoms. The molecule has 8 heteroatoms. The van der Waals surface area contributed by atoms with Gasteiger partial charge in [0.05, 0.1) is 5.69 Å². The predicted molar refractivity (Wildman–Crippen MR) is 73.1 cm³/mol. The van der Waals surface area contributed by atoms with Crippen LogP contribution in [0.2, 0.25) is 0 Å². The summed E-state index contributed by atoms with van der Waals surface area (Å²) < 4.78 is 24.6. The third-order valence-electron chi connectivity index (χ3n) is 2.66. The number of hydrogen-bond acceptors (Lipinski definition) is 4. The van der Waals surface area contributed by atoms with E-state index in [0.29, 0.717) is 5.69 Å². The highest BCUT2D eigenvalue weighted by molar-refractivity contribution is 7.90. The molecule has 0 aliphatic rings. The first-order valence-electron chi connectivity index (χ1n) is 5.65. The lowest BCUT2D eigenvalue weighted by molar-refractivity contribution is 0.209. The van der Waals surface area contributed by atoms with Crippen molar-refractivity contribution in [1.29, 1.82) is 0 Å². The summed E-state index contributed by atoms with van der Waals surface area (Å²) in [5.41, 5.74) is 0.827. The molecule has 0 fully saturated rings. The molecule has 0 radical (unpaired) electrons. The number of nitrogens with one attached hydrogen (secondary N) is 1. The maximum Gasteiger partial charge on any atom is 0.410 e. The molecule has 2 aromatic rings. The number of rotatable bonds is 3. The van der Waals surface area contributed by atoms with Crippen LogP contribution in [-0.2, 0) is 9.84 Å². The quantitative estimate of drug-likeness (QED) is 0.897. The van der Waals surface area contributed by atoms with Gasteiger partial charge >= 0.3 is 6.09 Å². The van der Waals surface area contributed by atoms with Crippen LogP contribution in [0, 0.1) is 6.92 Å². The van der Waals surface area contributed by atoms with E-state index in [2.05, 4.69) is 10.4 Å². The number of amides is 1. The van der Waals surface area contributed by atoms with E-state index in [1.54, 1.807) is 30.3 Å². The van der Waals surface area contributed by atoms with Crippen molar-refractivity contribution in [2.75, 3.05) is 11.6 Å². The van der Waals surface area contributed by atoms with Gasteiger partial charge < -0.3 is 5.11 Å². The van der Waals surface area contributed by atoms with Crippen LogP contribution in [0.1, 0.15) is 5.56 Å². The number of benzene rings is 1. The molecule has 0 saturated carbocycles. The molecule has 1 heterocycles. The van der Waals surface area contributed by atoms with E-state index < -0.39 is 15.9 Å². The average Bonchev–Trinajstić information content (AvgIpc) is 2.67. The molecule has 0 aliphatic carbocycles. The second-order valence-corrected chi connectivity index (χ2v) is 6.16. The highest BCUT2D eigenvalue weighted by Crippen LogP contribution is 2.26. The molecular weight excluding hydrogens is 282 g/mol. The number of sulfone groups is 1. The molecule has 1 aromatic heterocycles. The molecular formula is C12H13N3O4S. The number of aromatic nitrogens is 2. The van der Waals surface area contributed by atoms with Crippen molar-refractivity contribution in [1.82, 2.24) is 9.78 Å². The SMILES string of the molecule is Cc1c(S(C)(=O)=O)nn(-c2ccccc2)c1NC(=O)O. The van der Waals surface area contributed by atoms with E-state index in [9.17, 15) is 13.2 Å². The lowest BCUT2D eigenvalue weighted by Gasteiger charge is -2.07. The Hall–Kier alpha value is -2.35. The Labute approximate surface area is 115 Å². The van der Waals surface area contributed by atoms with Gasteiger partial charge in [-0.1, -0.05) is 18.2 Å². The highest BCUT2D eigenvalue weighted by Gasteiger charge is 2.23. The summed E-state index contributed by atoms with van der Waals surface area (Å²) in [6.45, 7) is 1.51. The van der Waals surface area contributed by atoms with Gasteiger partial charge in [0.25, 0.3) is 0 Å². The fourth-order valence-corrected chi connectivity index (χ4v) is 2.72. The molecule has 0 bridgehead atoms. The van der Waals surface area contributed by atoms with Crippen LogP contribution in [0.15, 0.2) is 35.4 Å². The van der Waals surface area contributed by atoms with Gasteiger partial charge in [-0.05, 0) is 19.1 Å². The fraction of sp³-hybridized carbons (Fsp3) is 0.167. The third-order valence-corrected chi connectivity index (χ3v) is 3.75. The minimum atomic E-state index is -3.54. The number of para-hydroxylation sites is 1. The number of carboxylic acid groups (broad SMARTS) is 1. The number of carbonyl (C=O) groups is 1. The first-order valence-corrected chi connectivity index (χ1v) is 7.55. The Balaban J connectivity index is 2.70. The van der Waals surface area contributed by atoms with Crippen molar-refractivity contribution >= 4 is 21.7 Å². The van der Waals surface area contributed by atoms with Crippen LogP contribution in [-0.4, -0.2) is 35.7 Å². The molecule has 20 heavy (non-hydrogen) atoms. The number of anilines is 1. The number of hydrogen-bond donors (Lipinski definition) is 2. The van der Waals surface area contributed by atoms with Crippen molar-refractivity contribution in [2.24, 2.45) is 0 Å². The second-order valence-electron chi connectivity index (χ2n) is 4.23. The molecule has 1 aromatic carbocycles. The lowest BCUT2D eigenvalue weighted by Crippen LogP contribution is -2.12. The zero-order valence-corrected chi connectivity index (χ0v) is 11.7. The molecule has 0 unspecified atom stereocenters. The van der Waals surface area contributed by atoms with Gasteiger partial charge in [-0.3, -0.25) is 5.32 Å². The van der Waals surface area contributed by atoms with Crippen molar-refractivity contribution in [3.63, 3.8) is 0 Å². The van der Waals surface area contributed by atoms with Gasteiger partial charge in [-0.2, -0.15) is 5.10 Å². The molecule has 0 atom stereocenters. The summed E-state index contributed by atoms with van der Waals surface area (Å²) in [6.07, 6.45) is -0.257. The molecule has 0 saturated heterocycles. The number of nitrogens with zero attached hydrogens (tertiary/aromatic N) is 2. The van der Waals surface area contributed by atoms with E-state index >= 15 is 0 Å². The van der Waals surface area contributed by atoms with Gasteiger partial charge in [0.1, 0.15) is 5.82 Å². The van der Waals surface area contributed by atoms with Gasteiger partial charge in [0.2, 0.25) is 0 Å². The summed E-state index contributed by atoms with van der Waals surface area (Å²) in [5, 5.41) is 14.9. The molecule has 2 N–H and O–H groups in total. The van der Waals surface area contributed by atoms with Crippen molar-refractivity contribution in [2.45, 2.75) is 11.9 Å². The molecule has 106 valence electrons. The van der Waals surface area contributed by atoms with E-state index in [-0.39, 0.29) is 16.4 Å². The summed E-state index contributed by atoms with van der Waals surface area (Å²) >= 11 is 0. The van der Waals surface area contributed by atoms with Crippen molar-refractivity contribution in [3.8, 4) is 5.69 Å². The van der Waals surface area contributed by atoms with Gasteiger partial charge in [-0.25, -0.2) is 17.9 Å². The molecule has 1 amide bonds. The largest absolute Gasteiger partial charge is 0.465 e. The monoisotopic (exact) mass is 295 g/mol. The van der Waals surface area contributed by atoms with E-state index in [1.807, 2.05) is 0 Å². The maximum absolute atomic E-state index is 11.7. The Morgan fingerprint density at radius 1 is 1.30 bits per heavy atom. The normalized spacial score (nSPS) is 11.3. The Kier molecular flexibility index (Phi) is 3.49. The Morgan fingerprint density at radius 2 is 1.90 bits per heavy atom. The van der Waals surface area contributed by atoms with E-state index in [4.69, 9.17) is 5.11 Å². The zero-order chi connectivity index (χ0) is 14.9. The van der Waals surface area contributed by atoms with Gasteiger partial charge in [0, 0.05) is 11.8 Å². The Bertz CT molecular complexity index is 751. The lowest BCUT2D eigenvalue weighted by atomic mass is 10.3. The smallest absolute Gasteiger partial charge is 0.410 e. The fourth-order valence-electron chi connectivity index (χ4n) is 1.83. The molecule has 0 aliphatic heterocycles. The summed E-state index contributed by atoms with van der Waals surface area (Å²) in [6, 6.07) is 8.69. The van der Waals surface area contributed by atoms with Crippen LogP contribution < -0.4 is 5.32 Å². The van der Waals surface area contributed by atoms with E-state index in [1.165, 1.54) is 11.6 Å². The van der Waals surface area contributed by atoms with Crippen LogP contribution in [0.25, 0.3) is 5.69 Å². The summed E-state index contributed by atoms with van der Waals surface area (Å²) in [4.78, 5) is 10.9. The maximum atomic E-state index is 11.7. The van der Waals surface area contributed by atoms with Gasteiger partial charge in [-0.15, -0.1) is 0 Å². The Morgan fingerprint density at radius 3 is 2.40 bits per heavy atom. The summed E-state index contributed by atoms with van der Waals surface area (Å²) in [7, 11) is -3.54. The molecule has 2 rings (SSSR count). The van der Waals surface area contributed by atoms with Crippen LogP contribution >= 0.6 is 0 Å². The average molecular weight is 295 g/mol. The molecule has 7 nitrogen and oxygen atoms in total.